The van der Waals surface area contributed by atoms with Crippen LogP contribution in [0.4, 0.5) is 0 Å². The monoisotopic (exact) mass is 283 g/mol. The molecule has 0 fully saturated rings. The summed E-state index contributed by atoms with van der Waals surface area (Å²) in [6.45, 7) is 5.64. The quantitative estimate of drug-likeness (QED) is 0.931. The molecule has 0 saturated carbocycles. The summed E-state index contributed by atoms with van der Waals surface area (Å²) in [6.07, 6.45) is -0.0263. The summed E-state index contributed by atoms with van der Waals surface area (Å²) in [5, 5.41) is 3.52. The lowest BCUT2D eigenvalue weighted by Gasteiger charge is -2.34. The summed E-state index contributed by atoms with van der Waals surface area (Å²) in [7, 11) is 0. The molecular formula is C18H21NO2. The highest BCUT2D eigenvalue weighted by atomic mass is 16.5. The van der Waals surface area contributed by atoms with Gasteiger partial charge in [-0.15, -0.1) is 0 Å². The van der Waals surface area contributed by atoms with Gasteiger partial charge >= 0.3 is 0 Å². The van der Waals surface area contributed by atoms with Crippen molar-refractivity contribution in [3.05, 3.63) is 59.7 Å². The first-order valence-electron chi connectivity index (χ1n) is 7.46. The van der Waals surface area contributed by atoms with E-state index in [-0.39, 0.29) is 12.1 Å². The van der Waals surface area contributed by atoms with Gasteiger partial charge in [-0.25, -0.2) is 0 Å². The Bertz CT molecular complexity index is 612. The van der Waals surface area contributed by atoms with Crippen LogP contribution in [0, 0.1) is 6.92 Å². The lowest BCUT2D eigenvalue weighted by Crippen LogP contribution is -2.42. The van der Waals surface area contributed by atoms with Gasteiger partial charge in [0.15, 0.2) is 6.10 Å². The molecule has 0 bridgehead atoms. The zero-order chi connectivity index (χ0) is 14.7. The standard InChI is InChI=1S/C18H21NO2/c1-3-19-18-15-9-4-5-10-16(15)20-12-17(18)21-14-8-6-7-13(2)11-14/h4-11,17-19H,3,12H2,1-2H3. The molecule has 3 nitrogen and oxygen atoms in total. The largest absolute Gasteiger partial charge is 0.489 e. The van der Waals surface area contributed by atoms with Crippen LogP contribution in [0.15, 0.2) is 48.5 Å². The van der Waals surface area contributed by atoms with Gasteiger partial charge in [-0.1, -0.05) is 37.3 Å². The van der Waals surface area contributed by atoms with E-state index in [2.05, 4.69) is 37.4 Å². The molecule has 0 saturated heterocycles. The summed E-state index contributed by atoms with van der Waals surface area (Å²) in [5.41, 5.74) is 2.37. The number of rotatable bonds is 4. The Morgan fingerprint density at radius 1 is 1.19 bits per heavy atom. The molecule has 21 heavy (non-hydrogen) atoms. The number of para-hydroxylation sites is 1. The van der Waals surface area contributed by atoms with Gasteiger partial charge in [0.1, 0.15) is 18.1 Å². The summed E-state index contributed by atoms with van der Waals surface area (Å²) in [5.74, 6) is 1.85. The first-order chi connectivity index (χ1) is 10.3. The number of aryl methyl sites for hydroxylation is 1. The van der Waals surface area contributed by atoms with Crippen molar-refractivity contribution in [2.45, 2.75) is 26.0 Å². The fourth-order valence-electron chi connectivity index (χ4n) is 2.76. The average Bonchev–Trinajstić information content (AvgIpc) is 2.50. The SMILES string of the molecule is CCNC1c2ccccc2OCC1Oc1cccc(C)c1. The molecule has 2 unspecified atom stereocenters. The van der Waals surface area contributed by atoms with Crippen molar-refractivity contribution >= 4 is 0 Å². The second-order valence-electron chi connectivity index (χ2n) is 5.36. The zero-order valence-electron chi connectivity index (χ0n) is 12.5. The Kier molecular flexibility index (Phi) is 4.11. The van der Waals surface area contributed by atoms with Crippen LogP contribution in [-0.4, -0.2) is 19.3 Å². The third-order valence-electron chi connectivity index (χ3n) is 3.73. The van der Waals surface area contributed by atoms with Crippen molar-refractivity contribution in [2.75, 3.05) is 13.2 Å². The topological polar surface area (TPSA) is 30.5 Å². The van der Waals surface area contributed by atoms with Crippen molar-refractivity contribution < 1.29 is 9.47 Å². The maximum Gasteiger partial charge on any atom is 0.152 e. The fraction of sp³-hybridized carbons (Fsp3) is 0.333. The summed E-state index contributed by atoms with van der Waals surface area (Å²) >= 11 is 0. The third kappa shape index (κ3) is 3.03. The number of likely N-dealkylation sites (N-methyl/N-ethyl adjacent to an activating group) is 1. The molecule has 3 rings (SSSR count). The smallest absolute Gasteiger partial charge is 0.152 e. The average molecular weight is 283 g/mol. The van der Waals surface area contributed by atoms with Gasteiger partial charge in [-0.05, 0) is 37.2 Å². The molecule has 1 aliphatic heterocycles. The lowest BCUT2D eigenvalue weighted by atomic mass is 9.98. The summed E-state index contributed by atoms with van der Waals surface area (Å²) in [6, 6.07) is 16.5. The molecule has 0 amide bonds. The van der Waals surface area contributed by atoms with Crippen LogP contribution in [0.2, 0.25) is 0 Å². The molecule has 0 radical (unpaired) electrons. The van der Waals surface area contributed by atoms with Crippen molar-refractivity contribution in [3.63, 3.8) is 0 Å². The van der Waals surface area contributed by atoms with Gasteiger partial charge in [0, 0.05) is 5.56 Å². The van der Waals surface area contributed by atoms with Gasteiger partial charge in [-0.2, -0.15) is 0 Å². The number of ether oxygens (including phenoxy) is 2. The molecule has 1 heterocycles. The molecule has 0 spiro atoms. The van der Waals surface area contributed by atoms with Crippen LogP contribution in [-0.2, 0) is 0 Å². The van der Waals surface area contributed by atoms with Gasteiger partial charge in [0.2, 0.25) is 0 Å². The number of hydrogen-bond donors (Lipinski definition) is 1. The van der Waals surface area contributed by atoms with Crippen molar-refractivity contribution in [2.24, 2.45) is 0 Å². The van der Waals surface area contributed by atoms with Crippen LogP contribution < -0.4 is 14.8 Å². The van der Waals surface area contributed by atoms with Crippen LogP contribution in [0.1, 0.15) is 24.1 Å². The molecule has 2 aromatic rings. The van der Waals surface area contributed by atoms with Crippen LogP contribution >= 0.6 is 0 Å². The van der Waals surface area contributed by atoms with E-state index in [0.29, 0.717) is 6.61 Å². The van der Waals surface area contributed by atoms with E-state index in [0.717, 1.165) is 18.0 Å². The van der Waals surface area contributed by atoms with E-state index in [4.69, 9.17) is 9.47 Å². The van der Waals surface area contributed by atoms with Gasteiger partial charge in [0.05, 0.1) is 6.04 Å². The first-order valence-corrected chi connectivity index (χ1v) is 7.46. The minimum absolute atomic E-state index is 0.0263. The maximum absolute atomic E-state index is 6.17. The second kappa shape index (κ2) is 6.19. The Balaban J connectivity index is 1.85. The predicted molar refractivity (Wildman–Crippen MR) is 83.9 cm³/mol. The normalized spacial score (nSPS) is 20.5. The van der Waals surface area contributed by atoms with Crippen LogP contribution in [0.5, 0.6) is 11.5 Å². The van der Waals surface area contributed by atoms with E-state index >= 15 is 0 Å². The molecule has 2 atom stereocenters. The van der Waals surface area contributed by atoms with Gasteiger partial charge in [-0.3, -0.25) is 0 Å². The van der Waals surface area contributed by atoms with Gasteiger partial charge < -0.3 is 14.8 Å². The summed E-state index contributed by atoms with van der Waals surface area (Å²) < 4.78 is 12.0. The Morgan fingerprint density at radius 2 is 2.05 bits per heavy atom. The number of hydrogen-bond acceptors (Lipinski definition) is 3. The number of benzene rings is 2. The van der Waals surface area contributed by atoms with E-state index in [1.807, 2.05) is 30.3 Å². The van der Waals surface area contributed by atoms with Crippen molar-refractivity contribution in [3.8, 4) is 11.5 Å². The van der Waals surface area contributed by atoms with Crippen LogP contribution in [0.3, 0.4) is 0 Å². The van der Waals surface area contributed by atoms with E-state index in [1.165, 1.54) is 11.1 Å². The fourth-order valence-corrected chi connectivity index (χ4v) is 2.76. The van der Waals surface area contributed by atoms with Crippen molar-refractivity contribution in [1.82, 2.24) is 5.32 Å². The lowest BCUT2D eigenvalue weighted by molar-refractivity contribution is 0.0752. The molecule has 0 aliphatic carbocycles. The molecule has 1 aliphatic rings. The highest BCUT2D eigenvalue weighted by Crippen LogP contribution is 2.33. The Hall–Kier alpha value is -2.00. The second-order valence-corrected chi connectivity index (χ2v) is 5.36. The number of nitrogens with one attached hydrogen (secondary N) is 1. The summed E-state index contributed by atoms with van der Waals surface area (Å²) in [4.78, 5) is 0. The molecule has 0 aromatic heterocycles. The molecule has 110 valence electrons. The first kappa shape index (κ1) is 14.0. The molecule has 2 aromatic carbocycles. The maximum atomic E-state index is 6.17. The highest BCUT2D eigenvalue weighted by Gasteiger charge is 2.31. The Labute approximate surface area is 125 Å². The predicted octanol–water partition coefficient (Wildman–Crippen LogP) is 3.49. The van der Waals surface area contributed by atoms with E-state index in [9.17, 15) is 0 Å². The van der Waals surface area contributed by atoms with Gasteiger partial charge in [0.25, 0.3) is 0 Å². The molecule has 1 N–H and O–H groups in total. The number of fused-ring (bicyclic) bond motifs is 1. The van der Waals surface area contributed by atoms with Crippen LogP contribution in [0.25, 0.3) is 0 Å². The van der Waals surface area contributed by atoms with Crippen molar-refractivity contribution in [1.29, 1.82) is 0 Å². The zero-order valence-corrected chi connectivity index (χ0v) is 12.5. The Morgan fingerprint density at radius 3 is 2.86 bits per heavy atom. The minimum Gasteiger partial charge on any atom is -0.489 e. The third-order valence-corrected chi connectivity index (χ3v) is 3.73. The van der Waals surface area contributed by atoms with E-state index < -0.39 is 0 Å². The van der Waals surface area contributed by atoms with E-state index in [1.54, 1.807) is 0 Å². The minimum atomic E-state index is -0.0263. The highest BCUT2D eigenvalue weighted by molar-refractivity contribution is 5.39. The molecular weight excluding hydrogens is 262 g/mol. The molecule has 3 heteroatoms.